The molecule has 0 fully saturated rings. The van der Waals surface area contributed by atoms with E-state index in [0.717, 1.165) is 16.8 Å². The minimum Gasteiger partial charge on any atom is -0.467 e. The number of benzene rings is 1. The van der Waals surface area contributed by atoms with E-state index in [9.17, 15) is 0 Å². The van der Waals surface area contributed by atoms with Crippen LogP contribution < -0.4 is 5.32 Å². The Morgan fingerprint density at radius 3 is 2.76 bits per heavy atom. The molecule has 1 atom stereocenters. The number of halogens is 1. The van der Waals surface area contributed by atoms with E-state index >= 15 is 0 Å². The van der Waals surface area contributed by atoms with Crippen molar-refractivity contribution in [1.82, 2.24) is 5.32 Å². The minimum absolute atomic E-state index is 0.128. The lowest BCUT2D eigenvalue weighted by atomic mass is 9.99. The van der Waals surface area contributed by atoms with E-state index < -0.39 is 0 Å². The Morgan fingerprint density at radius 2 is 2.18 bits per heavy atom. The number of nitrogens with one attached hydrogen (secondary N) is 1. The van der Waals surface area contributed by atoms with Crippen LogP contribution in [0.4, 0.5) is 0 Å². The standard InChI is InChI=1S/C14H16BrNO/c1-3-16-14(13-5-4-8-17-13)12-7-6-11(15)9-10(12)2/h4-9,14,16H,3H2,1-2H3. The molecule has 17 heavy (non-hydrogen) atoms. The number of furan rings is 1. The van der Waals surface area contributed by atoms with Gasteiger partial charge in [0.1, 0.15) is 5.76 Å². The Bertz CT molecular complexity index is 479. The van der Waals surface area contributed by atoms with Crippen molar-refractivity contribution in [3.05, 3.63) is 58.0 Å². The fraction of sp³-hybridized carbons (Fsp3) is 0.286. The largest absolute Gasteiger partial charge is 0.467 e. The molecule has 2 rings (SSSR count). The summed E-state index contributed by atoms with van der Waals surface area (Å²) in [4.78, 5) is 0. The molecule has 0 spiro atoms. The molecule has 2 aromatic rings. The average molecular weight is 294 g/mol. The predicted molar refractivity (Wildman–Crippen MR) is 73.1 cm³/mol. The molecule has 0 aliphatic rings. The highest BCUT2D eigenvalue weighted by molar-refractivity contribution is 9.10. The zero-order valence-electron chi connectivity index (χ0n) is 10.0. The molecule has 0 aliphatic carbocycles. The van der Waals surface area contributed by atoms with Gasteiger partial charge in [-0.1, -0.05) is 28.9 Å². The Balaban J connectivity index is 2.39. The quantitative estimate of drug-likeness (QED) is 0.920. The van der Waals surface area contributed by atoms with Crippen molar-refractivity contribution in [3.8, 4) is 0 Å². The predicted octanol–water partition coefficient (Wildman–Crippen LogP) is 4.05. The summed E-state index contributed by atoms with van der Waals surface area (Å²) in [5, 5.41) is 3.45. The van der Waals surface area contributed by atoms with Crippen molar-refractivity contribution < 1.29 is 4.42 Å². The molecule has 0 radical (unpaired) electrons. The summed E-state index contributed by atoms with van der Waals surface area (Å²) in [6.07, 6.45) is 1.72. The number of aryl methyl sites for hydroxylation is 1. The Hall–Kier alpha value is -1.06. The monoisotopic (exact) mass is 293 g/mol. The number of hydrogen-bond donors (Lipinski definition) is 1. The smallest absolute Gasteiger partial charge is 0.125 e. The Labute approximate surface area is 110 Å². The Morgan fingerprint density at radius 1 is 1.35 bits per heavy atom. The van der Waals surface area contributed by atoms with Crippen molar-refractivity contribution >= 4 is 15.9 Å². The minimum atomic E-state index is 0.128. The van der Waals surface area contributed by atoms with Gasteiger partial charge in [0.05, 0.1) is 12.3 Å². The summed E-state index contributed by atoms with van der Waals surface area (Å²) in [5.74, 6) is 0.956. The van der Waals surface area contributed by atoms with E-state index in [2.05, 4.69) is 53.3 Å². The van der Waals surface area contributed by atoms with Gasteiger partial charge in [-0.05, 0) is 48.9 Å². The average Bonchev–Trinajstić information content (AvgIpc) is 2.80. The van der Waals surface area contributed by atoms with Gasteiger partial charge in [0.25, 0.3) is 0 Å². The third-order valence-electron chi connectivity index (χ3n) is 2.78. The highest BCUT2D eigenvalue weighted by atomic mass is 79.9. The molecule has 0 saturated carbocycles. The first-order valence-electron chi connectivity index (χ1n) is 5.75. The Kier molecular flexibility index (Phi) is 4.02. The lowest BCUT2D eigenvalue weighted by molar-refractivity contribution is 0.451. The normalized spacial score (nSPS) is 12.6. The molecule has 90 valence electrons. The maximum absolute atomic E-state index is 5.51. The van der Waals surface area contributed by atoms with Crippen LogP contribution in [0, 0.1) is 6.92 Å². The van der Waals surface area contributed by atoms with E-state index in [1.165, 1.54) is 11.1 Å². The molecule has 0 amide bonds. The van der Waals surface area contributed by atoms with Gasteiger partial charge in [-0.15, -0.1) is 0 Å². The first-order chi connectivity index (χ1) is 8.22. The second kappa shape index (κ2) is 5.52. The van der Waals surface area contributed by atoms with Gasteiger partial charge < -0.3 is 9.73 Å². The van der Waals surface area contributed by atoms with Gasteiger partial charge in [-0.3, -0.25) is 0 Å². The number of hydrogen-bond acceptors (Lipinski definition) is 2. The van der Waals surface area contributed by atoms with Crippen LogP contribution in [0.2, 0.25) is 0 Å². The van der Waals surface area contributed by atoms with Crippen LogP contribution >= 0.6 is 15.9 Å². The van der Waals surface area contributed by atoms with Crippen LogP contribution in [-0.2, 0) is 0 Å². The molecule has 2 nitrogen and oxygen atoms in total. The maximum Gasteiger partial charge on any atom is 0.125 e. The van der Waals surface area contributed by atoms with Crippen LogP contribution in [0.1, 0.15) is 29.9 Å². The molecular weight excluding hydrogens is 278 g/mol. The van der Waals surface area contributed by atoms with Crippen LogP contribution in [-0.4, -0.2) is 6.54 Å². The van der Waals surface area contributed by atoms with Crippen LogP contribution in [0.5, 0.6) is 0 Å². The van der Waals surface area contributed by atoms with Crippen molar-refractivity contribution in [2.75, 3.05) is 6.54 Å². The molecule has 0 aliphatic heterocycles. The SMILES string of the molecule is CCNC(c1ccco1)c1ccc(Br)cc1C. The van der Waals surface area contributed by atoms with E-state index in [1.54, 1.807) is 6.26 Å². The highest BCUT2D eigenvalue weighted by Crippen LogP contribution is 2.27. The molecule has 1 heterocycles. The van der Waals surface area contributed by atoms with Gasteiger partial charge >= 0.3 is 0 Å². The summed E-state index contributed by atoms with van der Waals surface area (Å²) >= 11 is 3.49. The molecule has 1 unspecified atom stereocenters. The van der Waals surface area contributed by atoms with Gasteiger partial charge in [0, 0.05) is 4.47 Å². The van der Waals surface area contributed by atoms with Crippen molar-refractivity contribution in [1.29, 1.82) is 0 Å². The van der Waals surface area contributed by atoms with Crippen LogP contribution in [0.25, 0.3) is 0 Å². The van der Waals surface area contributed by atoms with Gasteiger partial charge in [-0.25, -0.2) is 0 Å². The molecule has 1 aromatic carbocycles. The lowest BCUT2D eigenvalue weighted by Gasteiger charge is -2.18. The summed E-state index contributed by atoms with van der Waals surface area (Å²) in [6, 6.07) is 10.4. The van der Waals surface area contributed by atoms with Crippen LogP contribution in [0.15, 0.2) is 45.5 Å². The molecule has 1 aromatic heterocycles. The highest BCUT2D eigenvalue weighted by Gasteiger charge is 2.17. The van der Waals surface area contributed by atoms with E-state index in [1.807, 2.05) is 12.1 Å². The zero-order valence-corrected chi connectivity index (χ0v) is 11.6. The van der Waals surface area contributed by atoms with Gasteiger partial charge in [-0.2, -0.15) is 0 Å². The third-order valence-corrected chi connectivity index (χ3v) is 3.27. The summed E-state index contributed by atoms with van der Waals surface area (Å²) < 4.78 is 6.62. The molecular formula is C14H16BrNO. The summed E-state index contributed by atoms with van der Waals surface area (Å²) in [7, 11) is 0. The van der Waals surface area contributed by atoms with Crippen molar-refractivity contribution in [3.63, 3.8) is 0 Å². The lowest BCUT2D eigenvalue weighted by Crippen LogP contribution is -2.22. The second-order valence-corrected chi connectivity index (χ2v) is 4.92. The van der Waals surface area contributed by atoms with E-state index in [-0.39, 0.29) is 6.04 Å². The zero-order chi connectivity index (χ0) is 12.3. The summed E-state index contributed by atoms with van der Waals surface area (Å²) in [6.45, 7) is 5.12. The number of rotatable bonds is 4. The van der Waals surface area contributed by atoms with Gasteiger partial charge in [0.15, 0.2) is 0 Å². The topological polar surface area (TPSA) is 25.2 Å². The van der Waals surface area contributed by atoms with E-state index in [4.69, 9.17) is 4.42 Å². The maximum atomic E-state index is 5.51. The van der Waals surface area contributed by atoms with Crippen molar-refractivity contribution in [2.45, 2.75) is 19.9 Å². The first-order valence-corrected chi connectivity index (χ1v) is 6.54. The fourth-order valence-corrected chi connectivity index (χ4v) is 2.46. The van der Waals surface area contributed by atoms with Crippen molar-refractivity contribution in [2.24, 2.45) is 0 Å². The molecule has 0 bridgehead atoms. The van der Waals surface area contributed by atoms with Gasteiger partial charge in [0.2, 0.25) is 0 Å². The first kappa shape index (κ1) is 12.4. The second-order valence-electron chi connectivity index (χ2n) is 4.01. The fourth-order valence-electron chi connectivity index (χ4n) is 1.99. The molecule has 1 N–H and O–H groups in total. The third kappa shape index (κ3) is 2.79. The van der Waals surface area contributed by atoms with Crippen LogP contribution in [0.3, 0.4) is 0 Å². The van der Waals surface area contributed by atoms with E-state index in [0.29, 0.717) is 0 Å². The summed E-state index contributed by atoms with van der Waals surface area (Å²) in [5.41, 5.74) is 2.51. The molecule has 3 heteroatoms. The molecule has 0 saturated heterocycles.